The predicted molar refractivity (Wildman–Crippen MR) is 85.1 cm³/mol. The molecule has 1 fully saturated rings. The second-order valence-electron chi connectivity index (χ2n) is 5.14. The van der Waals surface area contributed by atoms with Crippen molar-refractivity contribution >= 4 is 17.5 Å². The summed E-state index contributed by atoms with van der Waals surface area (Å²) in [5.41, 5.74) is 1.18. The van der Waals surface area contributed by atoms with Gasteiger partial charge in [-0.05, 0) is 24.3 Å². The molecule has 22 heavy (non-hydrogen) atoms. The molecule has 2 aromatic rings. The summed E-state index contributed by atoms with van der Waals surface area (Å²) in [5, 5.41) is 11.9. The second-order valence-corrected chi connectivity index (χ2v) is 5.14. The van der Waals surface area contributed by atoms with Gasteiger partial charge in [0.15, 0.2) is 0 Å². The SMILES string of the molecule is O=C(Nc1ccc(O)cn1)N1CCN(c2ccccc2)CC1. The van der Waals surface area contributed by atoms with Crippen LogP contribution in [0.25, 0.3) is 0 Å². The smallest absolute Gasteiger partial charge is 0.323 e. The van der Waals surface area contributed by atoms with Gasteiger partial charge in [0.05, 0.1) is 6.20 Å². The number of aromatic hydroxyl groups is 1. The van der Waals surface area contributed by atoms with Crippen LogP contribution in [0.1, 0.15) is 0 Å². The Balaban J connectivity index is 1.54. The van der Waals surface area contributed by atoms with Crippen molar-refractivity contribution in [3.8, 4) is 5.75 Å². The van der Waals surface area contributed by atoms with Crippen LogP contribution in [0.3, 0.4) is 0 Å². The molecule has 6 nitrogen and oxygen atoms in total. The minimum atomic E-state index is -0.161. The summed E-state index contributed by atoms with van der Waals surface area (Å²) < 4.78 is 0. The van der Waals surface area contributed by atoms with Crippen LogP contribution in [0.15, 0.2) is 48.7 Å². The minimum Gasteiger partial charge on any atom is -0.506 e. The Morgan fingerprint density at radius 1 is 1.05 bits per heavy atom. The molecule has 0 aliphatic carbocycles. The lowest BCUT2D eigenvalue weighted by Gasteiger charge is -2.36. The molecule has 1 aliphatic rings. The summed E-state index contributed by atoms with van der Waals surface area (Å²) in [6, 6.07) is 13.1. The Morgan fingerprint density at radius 3 is 2.41 bits per heavy atom. The molecule has 0 spiro atoms. The molecule has 1 aromatic heterocycles. The summed E-state index contributed by atoms with van der Waals surface area (Å²) >= 11 is 0. The zero-order valence-corrected chi connectivity index (χ0v) is 12.1. The monoisotopic (exact) mass is 298 g/mol. The van der Waals surface area contributed by atoms with Crippen LogP contribution in [0.5, 0.6) is 5.75 Å². The van der Waals surface area contributed by atoms with E-state index in [1.165, 1.54) is 18.0 Å². The Labute approximate surface area is 129 Å². The Morgan fingerprint density at radius 2 is 1.77 bits per heavy atom. The number of benzene rings is 1. The average molecular weight is 298 g/mol. The third kappa shape index (κ3) is 3.28. The number of amides is 2. The van der Waals surface area contributed by atoms with E-state index in [9.17, 15) is 9.90 Å². The first-order valence-electron chi connectivity index (χ1n) is 7.23. The van der Waals surface area contributed by atoms with Crippen molar-refractivity contribution in [1.29, 1.82) is 0 Å². The number of hydrogen-bond acceptors (Lipinski definition) is 4. The number of rotatable bonds is 2. The van der Waals surface area contributed by atoms with E-state index in [4.69, 9.17) is 0 Å². The van der Waals surface area contributed by atoms with E-state index in [0.717, 1.165) is 13.1 Å². The molecule has 2 heterocycles. The lowest BCUT2D eigenvalue weighted by atomic mass is 10.2. The lowest BCUT2D eigenvalue weighted by molar-refractivity contribution is 0.208. The van der Waals surface area contributed by atoms with E-state index in [0.29, 0.717) is 18.9 Å². The van der Waals surface area contributed by atoms with Gasteiger partial charge in [-0.15, -0.1) is 0 Å². The number of piperazine rings is 1. The van der Waals surface area contributed by atoms with Gasteiger partial charge >= 0.3 is 6.03 Å². The summed E-state index contributed by atoms with van der Waals surface area (Å²) in [6.45, 7) is 2.94. The topological polar surface area (TPSA) is 68.7 Å². The standard InChI is InChI=1S/C16H18N4O2/c21-14-6-7-15(17-12-14)18-16(22)20-10-8-19(9-11-20)13-4-2-1-3-5-13/h1-7,12,21H,8-11H2,(H,17,18,22). The van der Waals surface area contributed by atoms with Gasteiger partial charge in [-0.25, -0.2) is 9.78 Å². The van der Waals surface area contributed by atoms with Crippen LogP contribution in [0.4, 0.5) is 16.3 Å². The number of anilines is 2. The fourth-order valence-corrected chi connectivity index (χ4v) is 2.46. The Bertz CT molecular complexity index is 622. The van der Waals surface area contributed by atoms with Crippen LogP contribution in [0, 0.1) is 0 Å². The molecule has 0 saturated carbocycles. The third-order valence-electron chi connectivity index (χ3n) is 3.67. The summed E-state index contributed by atoms with van der Waals surface area (Å²) in [5.74, 6) is 0.516. The minimum absolute atomic E-state index is 0.0782. The summed E-state index contributed by atoms with van der Waals surface area (Å²) in [6.07, 6.45) is 1.31. The highest BCUT2D eigenvalue weighted by atomic mass is 16.3. The number of urea groups is 1. The first-order valence-corrected chi connectivity index (χ1v) is 7.23. The molecule has 1 saturated heterocycles. The van der Waals surface area contributed by atoms with Crippen LogP contribution >= 0.6 is 0 Å². The van der Waals surface area contributed by atoms with E-state index < -0.39 is 0 Å². The second kappa shape index (κ2) is 6.34. The lowest BCUT2D eigenvalue weighted by Crippen LogP contribution is -2.50. The molecule has 6 heteroatoms. The van der Waals surface area contributed by atoms with E-state index in [1.807, 2.05) is 18.2 Å². The number of pyridine rings is 1. The van der Waals surface area contributed by atoms with Crippen LogP contribution < -0.4 is 10.2 Å². The van der Waals surface area contributed by atoms with E-state index in [-0.39, 0.29) is 11.8 Å². The van der Waals surface area contributed by atoms with Crippen molar-refractivity contribution in [2.75, 3.05) is 36.4 Å². The Kier molecular flexibility index (Phi) is 4.09. The molecule has 1 aliphatic heterocycles. The molecule has 3 rings (SSSR count). The molecule has 2 amide bonds. The molecular weight excluding hydrogens is 280 g/mol. The molecule has 1 aromatic carbocycles. The summed E-state index contributed by atoms with van der Waals surface area (Å²) in [4.78, 5) is 20.2. The van der Waals surface area contributed by atoms with Gasteiger partial charge in [0.25, 0.3) is 0 Å². The van der Waals surface area contributed by atoms with Crippen LogP contribution in [-0.4, -0.2) is 47.2 Å². The molecule has 0 unspecified atom stereocenters. The molecular formula is C16H18N4O2. The van der Waals surface area contributed by atoms with Gasteiger partial charge in [-0.3, -0.25) is 5.32 Å². The fraction of sp³-hybridized carbons (Fsp3) is 0.250. The highest BCUT2D eigenvalue weighted by Crippen LogP contribution is 2.16. The number of nitrogens with zero attached hydrogens (tertiary/aromatic N) is 3. The first kappa shape index (κ1) is 14.2. The van der Waals surface area contributed by atoms with Crippen LogP contribution in [0.2, 0.25) is 0 Å². The first-order chi connectivity index (χ1) is 10.7. The quantitative estimate of drug-likeness (QED) is 0.891. The highest BCUT2D eigenvalue weighted by Gasteiger charge is 2.21. The molecule has 2 N–H and O–H groups in total. The number of carbonyl (C=O) groups is 1. The average Bonchev–Trinajstić information content (AvgIpc) is 2.58. The van der Waals surface area contributed by atoms with Gasteiger partial charge in [-0.1, -0.05) is 18.2 Å². The number of para-hydroxylation sites is 1. The van der Waals surface area contributed by atoms with E-state index in [2.05, 4.69) is 27.3 Å². The number of nitrogens with one attached hydrogen (secondary N) is 1. The van der Waals surface area contributed by atoms with Crippen molar-refractivity contribution in [2.45, 2.75) is 0 Å². The number of carbonyl (C=O) groups excluding carboxylic acids is 1. The van der Waals surface area contributed by atoms with E-state index in [1.54, 1.807) is 11.0 Å². The summed E-state index contributed by atoms with van der Waals surface area (Å²) in [7, 11) is 0. The molecule has 0 bridgehead atoms. The Hall–Kier alpha value is -2.76. The molecule has 0 atom stereocenters. The fourth-order valence-electron chi connectivity index (χ4n) is 2.46. The normalized spacial score (nSPS) is 14.7. The molecule has 114 valence electrons. The van der Waals surface area contributed by atoms with Crippen molar-refractivity contribution in [2.24, 2.45) is 0 Å². The number of aromatic nitrogens is 1. The van der Waals surface area contributed by atoms with Gasteiger partial charge in [0.1, 0.15) is 11.6 Å². The predicted octanol–water partition coefficient (Wildman–Crippen LogP) is 2.14. The zero-order chi connectivity index (χ0) is 15.4. The van der Waals surface area contributed by atoms with Crippen molar-refractivity contribution < 1.29 is 9.90 Å². The maximum Gasteiger partial charge on any atom is 0.323 e. The van der Waals surface area contributed by atoms with Crippen molar-refractivity contribution in [3.05, 3.63) is 48.7 Å². The van der Waals surface area contributed by atoms with Crippen molar-refractivity contribution in [3.63, 3.8) is 0 Å². The molecule has 0 radical (unpaired) electrons. The van der Waals surface area contributed by atoms with Gasteiger partial charge in [-0.2, -0.15) is 0 Å². The number of hydrogen-bond donors (Lipinski definition) is 2. The zero-order valence-electron chi connectivity index (χ0n) is 12.1. The highest BCUT2D eigenvalue weighted by molar-refractivity contribution is 5.88. The maximum atomic E-state index is 12.2. The van der Waals surface area contributed by atoms with Crippen LogP contribution in [-0.2, 0) is 0 Å². The van der Waals surface area contributed by atoms with Gasteiger partial charge in [0, 0.05) is 31.9 Å². The van der Waals surface area contributed by atoms with Crippen molar-refractivity contribution in [1.82, 2.24) is 9.88 Å². The largest absolute Gasteiger partial charge is 0.506 e. The van der Waals surface area contributed by atoms with E-state index >= 15 is 0 Å². The van der Waals surface area contributed by atoms with Gasteiger partial charge < -0.3 is 14.9 Å². The third-order valence-corrected chi connectivity index (χ3v) is 3.67. The maximum absolute atomic E-state index is 12.2. The van der Waals surface area contributed by atoms with Gasteiger partial charge in [0.2, 0.25) is 0 Å².